The van der Waals surface area contributed by atoms with Crippen LogP contribution in [0.3, 0.4) is 0 Å². The molecular formula is C18H21N. The Bertz CT molecular complexity index is 528. The summed E-state index contributed by atoms with van der Waals surface area (Å²) in [7, 11) is 0. The molecular weight excluding hydrogens is 230 g/mol. The van der Waals surface area contributed by atoms with Crippen LogP contribution in [0.25, 0.3) is 0 Å². The van der Waals surface area contributed by atoms with Crippen LogP contribution >= 0.6 is 0 Å². The fourth-order valence-corrected chi connectivity index (χ4v) is 2.57. The zero-order valence-electron chi connectivity index (χ0n) is 11.5. The third-order valence-corrected chi connectivity index (χ3v) is 3.94. The SMILES string of the molecule is Cc1ccccc1C(NCC1CC1)c1ccccc1. The molecule has 0 spiro atoms. The minimum Gasteiger partial charge on any atom is -0.306 e. The van der Waals surface area contributed by atoms with Crippen LogP contribution in [0, 0.1) is 12.8 Å². The second-order valence-electron chi connectivity index (χ2n) is 5.55. The third kappa shape index (κ3) is 3.05. The normalized spacial score (nSPS) is 16.3. The molecule has 1 fully saturated rings. The van der Waals surface area contributed by atoms with E-state index in [2.05, 4.69) is 66.8 Å². The molecule has 1 aliphatic rings. The molecule has 0 aliphatic heterocycles. The van der Waals surface area contributed by atoms with Gasteiger partial charge >= 0.3 is 0 Å². The highest BCUT2D eigenvalue weighted by Crippen LogP contribution is 2.30. The predicted octanol–water partition coefficient (Wildman–Crippen LogP) is 4.08. The van der Waals surface area contributed by atoms with Gasteiger partial charge in [0, 0.05) is 0 Å². The maximum atomic E-state index is 3.76. The van der Waals surface area contributed by atoms with Crippen molar-refractivity contribution in [3.63, 3.8) is 0 Å². The quantitative estimate of drug-likeness (QED) is 0.844. The van der Waals surface area contributed by atoms with E-state index in [9.17, 15) is 0 Å². The van der Waals surface area contributed by atoms with Gasteiger partial charge in [0.1, 0.15) is 0 Å². The average Bonchev–Trinajstić information content (AvgIpc) is 3.26. The highest BCUT2D eigenvalue weighted by molar-refractivity contribution is 5.36. The lowest BCUT2D eigenvalue weighted by Crippen LogP contribution is -2.25. The minimum absolute atomic E-state index is 0.322. The molecule has 1 aliphatic carbocycles. The van der Waals surface area contributed by atoms with Crippen molar-refractivity contribution in [1.82, 2.24) is 5.32 Å². The molecule has 1 saturated carbocycles. The molecule has 1 atom stereocenters. The molecule has 19 heavy (non-hydrogen) atoms. The fraction of sp³-hybridized carbons (Fsp3) is 0.333. The zero-order valence-corrected chi connectivity index (χ0v) is 11.5. The van der Waals surface area contributed by atoms with Crippen molar-refractivity contribution in [3.8, 4) is 0 Å². The van der Waals surface area contributed by atoms with E-state index in [-0.39, 0.29) is 0 Å². The summed E-state index contributed by atoms with van der Waals surface area (Å²) in [5.74, 6) is 0.898. The molecule has 0 aromatic heterocycles. The van der Waals surface area contributed by atoms with Crippen LogP contribution in [0.1, 0.15) is 35.6 Å². The van der Waals surface area contributed by atoms with Gasteiger partial charge in [0.25, 0.3) is 0 Å². The lowest BCUT2D eigenvalue weighted by Gasteiger charge is -2.21. The Labute approximate surface area is 115 Å². The van der Waals surface area contributed by atoms with Gasteiger partial charge in [0.15, 0.2) is 0 Å². The van der Waals surface area contributed by atoms with Gasteiger partial charge < -0.3 is 5.32 Å². The summed E-state index contributed by atoms with van der Waals surface area (Å²) < 4.78 is 0. The zero-order chi connectivity index (χ0) is 13.1. The first-order valence-electron chi connectivity index (χ1n) is 7.18. The van der Waals surface area contributed by atoms with Crippen LogP contribution < -0.4 is 5.32 Å². The van der Waals surface area contributed by atoms with E-state index < -0.39 is 0 Å². The van der Waals surface area contributed by atoms with Gasteiger partial charge in [-0.1, -0.05) is 54.6 Å². The Hall–Kier alpha value is -1.60. The van der Waals surface area contributed by atoms with Gasteiger partial charge in [-0.3, -0.25) is 0 Å². The molecule has 1 unspecified atom stereocenters. The molecule has 98 valence electrons. The van der Waals surface area contributed by atoms with Gasteiger partial charge in [-0.25, -0.2) is 0 Å². The molecule has 0 amide bonds. The summed E-state index contributed by atoms with van der Waals surface area (Å²) >= 11 is 0. The van der Waals surface area contributed by atoms with Gasteiger partial charge in [-0.15, -0.1) is 0 Å². The van der Waals surface area contributed by atoms with E-state index in [1.807, 2.05) is 0 Å². The second-order valence-corrected chi connectivity index (χ2v) is 5.55. The largest absolute Gasteiger partial charge is 0.306 e. The molecule has 0 saturated heterocycles. The average molecular weight is 251 g/mol. The molecule has 0 heterocycles. The van der Waals surface area contributed by atoms with E-state index in [0.717, 1.165) is 12.5 Å². The number of benzene rings is 2. The number of aryl methyl sites for hydroxylation is 1. The Kier molecular flexibility index (Phi) is 3.65. The van der Waals surface area contributed by atoms with Gasteiger partial charge in [0.05, 0.1) is 6.04 Å². The smallest absolute Gasteiger partial charge is 0.0579 e. The van der Waals surface area contributed by atoms with Crippen LogP contribution in [-0.2, 0) is 0 Å². The lowest BCUT2D eigenvalue weighted by atomic mass is 9.95. The van der Waals surface area contributed by atoms with Crippen LogP contribution in [0.15, 0.2) is 54.6 Å². The first-order chi connectivity index (χ1) is 9.34. The Morgan fingerprint density at radius 1 is 1.00 bits per heavy atom. The summed E-state index contributed by atoms with van der Waals surface area (Å²) in [6, 6.07) is 19.8. The van der Waals surface area contributed by atoms with E-state index in [0.29, 0.717) is 6.04 Å². The van der Waals surface area contributed by atoms with E-state index in [1.54, 1.807) is 0 Å². The van der Waals surface area contributed by atoms with Gasteiger partial charge in [-0.05, 0) is 48.9 Å². The van der Waals surface area contributed by atoms with Crippen LogP contribution in [0.5, 0.6) is 0 Å². The van der Waals surface area contributed by atoms with Crippen LogP contribution in [0.4, 0.5) is 0 Å². The van der Waals surface area contributed by atoms with E-state index in [1.165, 1.54) is 29.5 Å². The maximum Gasteiger partial charge on any atom is 0.0579 e. The highest BCUT2D eigenvalue weighted by Gasteiger charge is 2.23. The number of nitrogens with one attached hydrogen (secondary N) is 1. The van der Waals surface area contributed by atoms with Crippen molar-refractivity contribution in [3.05, 3.63) is 71.3 Å². The third-order valence-electron chi connectivity index (χ3n) is 3.94. The number of hydrogen-bond donors (Lipinski definition) is 1. The number of hydrogen-bond acceptors (Lipinski definition) is 1. The maximum absolute atomic E-state index is 3.76. The number of rotatable bonds is 5. The van der Waals surface area contributed by atoms with E-state index in [4.69, 9.17) is 0 Å². The molecule has 3 rings (SSSR count). The summed E-state index contributed by atoms with van der Waals surface area (Å²) in [6.45, 7) is 3.33. The summed E-state index contributed by atoms with van der Waals surface area (Å²) in [6.07, 6.45) is 2.78. The molecule has 0 bridgehead atoms. The van der Waals surface area contributed by atoms with Crippen molar-refractivity contribution in [2.45, 2.75) is 25.8 Å². The monoisotopic (exact) mass is 251 g/mol. The van der Waals surface area contributed by atoms with E-state index >= 15 is 0 Å². The molecule has 2 aromatic carbocycles. The first-order valence-corrected chi connectivity index (χ1v) is 7.18. The lowest BCUT2D eigenvalue weighted by molar-refractivity contribution is 0.571. The van der Waals surface area contributed by atoms with Gasteiger partial charge in [0.2, 0.25) is 0 Å². The highest BCUT2D eigenvalue weighted by atomic mass is 14.9. The predicted molar refractivity (Wildman–Crippen MR) is 80.2 cm³/mol. The van der Waals surface area contributed by atoms with Crippen molar-refractivity contribution in [2.24, 2.45) is 5.92 Å². The summed E-state index contributed by atoms with van der Waals surface area (Å²) in [5, 5.41) is 3.76. The van der Waals surface area contributed by atoms with Crippen molar-refractivity contribution < 1.29 is 0 Å². The topological polar surface area (TPSA) is 12.0 Å². The summed E-state index contributed by atoms with van der Waals surface area (Å²) in [4.78, 5) is 0. The molecule has 2 aromatic rings. The second kappa shape index (κ2) is 5.58. The Morgan fingerprint density at radius 2 is 1.68 bits per heavy atom. The molecule has 1 nitrogen and oxygen atoms in total. The van der Waals surface area contributed by atoms with Crippen molar-refractivity contribution in [1.29, 1.82) is 0 Å². The van der Waals surface area contributed by atoms with Crippen molar-refractivity contribution in [2.75, 3.05) is 6.54 Å². The first kappa shape index (κ1) is 12.4. The van der Waals surface area contributed by atoms with Crippen LogP contribution in [0.2, 0.25) is 0 Å². The van der Waals surface area contributed by atoms with Gasteiger partial charge in [-0.2, -0.15) is 0 Å². The Morgan fingerprint density at radius 3 is 2.37 bits per heavy atom. The standard InChI is InChI=1S/C18H21N/c1-14-7-5-6-10-17(14)18(19-13-15-11-12-15)16-8-3-2-4-9-16/h2-10,15,18-19H,11-13H2,1H3. The molecule has 1 heteroatoms. The van der Waals surface area contributed by atoms with Crippen LogP contribution in [-0.4, -0.2) is 6.54 Å². The molecule has 1 N–H and O–H groups in total. The fourth-order valence-electron chi connectivity index (χ4n) is 2.57. The van der Waals surface area contributed by atoms with Crippen molar-refractivity contribution >= 4 is 0 Å². The molecule has 0 radical (unpaired) electrons. The minimum atomic E-state index is 0.322. The Balaban J connectivity index is 1.89. The summed E-state index contributed by atoms with van der Waals surface area (Å²) in [5.41, 5.74) is 4.12.